The van der Waals surface area contributed by atoms with Crippen molar-refractivity contribution in [3.05, 3.63) is 228 Å². The third kappa shape index (κ3) is 6.07. The number of carbonyl (C=O) groups excluding carboxylic acids is 1. The predicted molar refractivity (Wildman–Crippen MR) is 209 cm³/mol. The molecule has 0 amide bonds. The van der Waals surface area contributed by atoms with Gasteiger partial charge in [-0.1, -0.05) is 97.1 Å². The van der Waals surface area contributed by atoms with E-state index < -0.39 is 11.2 Å². The molecule has 0 fully saturated rings. The standard InChI is InChI=1S/C47H34N4O3/c52-32-33-15-1-2-16-37(33)34-29-35(38-17-3-5-19-40(38)46(53,42-21-7-11-25-48-42)43-22-8-12-26-49-43)31-36(30-34)39-18-4-6-20-41(39)47(54,44-23-9-13-27-50-44)45-24-10-14-28-51-45/h1-32,53-54H. The Bertz CT molecular complexity index is 2320. The van der Waals surface area contributed by atoms with Gasteiger partial charge in [-0.2, -0.15) is 0 Å². The van der Waals surface area contributed by atoms with E-state index in [4.69, 9.17) is 0 Å². The fraction of sp³-hybridized carbons (Fsp3) is 0.0426. The summed E-state index contributed by atoms with van der Waals surface area (Å²) in [5.74, 6) is 0. The van der Waals surface area contributed by atoms with Gasteiger partial charge in [-0.15, -0.1) is 0 Å². The van der Waals surface area contributed by atoms with Gasteiger partial charge in [-0.3, -0.25) is 24.7 Å². The van der Waals surface area contributed by atoms with E-state index in [-0.39, 0.29) is 0 Å². The first-order valence-electron chi connectivity index (χ1n) is 17.5. The molecule has 4 aromatic carbocycles. The first-order chi connectivity index (χ1) is 26.5. The van der Waals surface area contributed by atoms with E-state index in [9.17, 15) is 15.0 Å². The van der Waals surface area contributed by atoms with E-state index in [1.165, 1.54) is 0 Å². The van der Waals surface area contributed by atoms with Gasteiger partial charge in [0.1, 0.15) is 0 Å². The van der Waals surface area contributed by atoms with Gasteiger partial charge in [-0.05, 0) is 100 Å². The first-order valence-corrected chi connectivity index (χ1v) is 17.5. The van der Waals surface area contributed by atoms with E-state index in [2.05, 4.69) is 19.9 Å². The van der Waals surface area contributed by atoms with Crippen LogP contribution in [0, 0.1) is 0 Å². The van der Waals surface area contributed by atoms with Crippen molar-refractivity contribution in [1.82, 2.24) is 19.9 Å². The molecule has 2 N–H and O–H groups in total. The second kappa shape index (κ2) is 14.6. The zero-order valence-corrected chi connectivity index (χ0v) is 29.1. The van der Waals surface area contributed by atoms with Gasteiger partial charge >= 0.3 is 0 Å². The molecule has 0 bridgehead atoms. The van der Waals surface area contributed by atoms with Crippen LogP contribution < -0.4 is 0 Å². The molecule has 0 aliphatic heterocycles. The minimum absolute atomic E-state index is 0.417. The number of aliphatic hydroxyl groups is 2. The summed E-state index contributed by atoms with van der Waals surface area (Å²) in [7, 11) is 0. The van der Waals surface area contributed by atoms with Crippen molar-refractivity contribution in [2.24, 2.45) is 0 Å². The highest BCUT2D eigenvalue weighted by Gasteiger charge is 2.40. The quantitative estimate of drug-likeness (QED) is 0.137. The lowest BCUT2D eigenvalue weighted by molar-refractivity contribution is 0.112. The largest absolute Gasteiger partial charge is 0.373 e. The predicted octanol–water partition coefficient (Wildman–Crippen LogP) is 8.65. The highest BCUT2D eigenvalue weighted by molar-refractivity contribution is 5.91. The molecule has 7 nitrogen and oxygen atoms in total. The van der Waals surface area contributed by atoms with Gasteiger partial charge < -0.3 is 10.2 Å². The van der Waals surface area contributed by atoms with Crippen LogP contribution in [0.2, 0.25) is 0 Å². The van der Waals surface area contributed by atoms with Crippen LogP contribution in [-0.2, 0) is 11.2 Å². The lowest BCUT2D eigenvalue weighted by Crippen LogP contribution is -2.32. The van der Waals surface area contributed by atoms with Gasteiger partial charge in [0.15, 0.2) is 17.5 Å². The Morgan fingerprint density at radius 1 is 0.389 bits per heavy atom. The Balaban J connectivity index is 1.42. The molecule has 0 spiro atoms. The second-order valence-corrected chi connectivity index (χ2v) is 12.9. The van der Waals surface area contributed by atoms with Crippen LogP contribution >= 0.6 is 0 Å². The van der Waals surface area contributed by atoms with Gasteiger partial charge in [0.05, 0.1) is 22.8 Å². The van der Waals surface area contributed by atoms with Crippen molar-refractivity contribution in [1.29, 1.82) is 0 Å². The molecule has 4 aromatic heterocycles. The summed E-state index contributed by atoms with van der Waals surface area (Å²) in [6.45, 7) is 0. The number of aromatic nitrogens is 4. The van der Waals surface area contributed by atoms with Crippen LogP contribution in [0.3, 0.4) is 0 Å². The molecule has 0 aliphatic carbocycles. The summed E-state index contributed by atoms with van der Waals surface area (Å²) in [6, 6.07) is 50.6. The number of pyridine rings is 4. The molecule has 0 saturated heterocycles. The number of carbonyl (C=O) groups is 1. The lowest BCUT2D eigenvalue weighted by Gasteiger charge is -2.31. The Morgan fingerprint density at radius 3 is 1.06 bits per heavy atom. The molecule has 0 saturated carbocycles. The topological polar surface area (TPSA) is 109 Å². The molecule has 260 valence electrons. The monoisotopic (exact) mass is 702 g/mol. The molecule has 0 aliphatic rings. The summed E-state index contributed by atoms with van der Waals surface area (Å²) in [5, 5.41) is 25.8. The fourth-order valence-corrected chi connectivity index (χ4v) is 7.18. The highest BCUT2D eigenvalue weighted by atomic mass is 16.3. The Morgan fingerprint density at radius 2 is 0.704 bits per heavy atom. The highest BCUT2D eigenvalue weighted by Crippen LogP contribution is 2.45. The van der Waals surface area contributed by atoms with Crippen LogP contribution in [-0.4, -0.2) is 36.4 Å². The van der Waals surface area contributed by atoms with Crippen molar-refractivity contribution in [3.63, 3.8) is 0 Å². The Labute approximate surface area is 313 Å². The smallest absolute Gasteiger partial charge is 0.174 e. The summed E-state index contributed by atoms with van der Waals surface area (Å²) in [4.78, 5) is 30.9. The van der Waals surface area contributed by atoms with Gasteiger partial charge in [0, 0.05) is 41.5 Å². The average Bonchev–Trinajstić information content (AvgIpc) is 3.27. The Hall–Kier alpha value is -6.93. The first kappa shape index (κ1) is 34.2. The molecular weight excluding hydrogens is 669 g/mol. The van der Waals surface area contributed by atoms with Gasteiger partial charge in [0.25, 0.3) is 0 Å². The van der Waals surface area contributed by atoms with Gasteiger partial charge in [-0.25, -0.2) is 0 Å². The van der Waals surface area contributed by atoms with Gasteiger partial charge in [0.2, 0.25) is 0 Å². The van der Waals surface area contributed by atoms with Crippen molar-refractivity contribution in [2.45, 2.75) is 11.2 Å². The minimum Gasteiger partial charge on any atom is -0.373 e. The van der Waals surface area contributed by atoms with Crippen molar-refractivity contribution < 1.29 is 15.0 Å². The van der Waals surface area contributed by atoms with Crippen LogP contribution in [0.15, 0.2) is 189 Å². The molecule has 54 heavy (non-hydrogen) atoms. The maximum Gasteiger partial charge on any atom is 0.174 e. The van der Waals surface area contributed by atoms with Crippen LogP contribution in [0.5, 0.6) is 0 Å². The maximum absolute atomic E-state index is 12.9. The van der Waals surface area contributed by atoms with E-state index in [0.29, 0.717) is 39.5 Å². The number of nitrogens with zero attached hydrogens (tertiary/aromatic N) is 4. The number of hydrogen-bond acceptors (Lipinski definition) is 7. The third-order valence-electron chi connectivity index (χ3n) is 9.73. The minimum atomic E-state index is -1.73. The second-order valence-electron chi connectivity index (χ2n) is 12.9. The average molecular weight is 703 g/mol. The molecular formula is C47H34N4O3. The van der Waals surface area contributed by atoms with E-state index in [1.807, 2.05) is 133 Å². The molecule has 8 aromatic rings. The molecule has 0 radical (unpaired) electrons. The van der Waals surface area contributed by atoms with Crippen LogP contribution in [0.1, 0.15) is 44.3 Å². The van der Waals surface area contributed by atoms with E-state index in [1.54, 1.807) is 55.1 Å². The summed E-state index contributed by atoms with van der Waals surface area (Å²) >= 11 is 0. The third-order valence-corrected chi connectivity index (χ3v) is 9.73. The maximum atomic E-state index is 12.9. The number of rotatable bonds is 10. The molecule has 4 heterocycles. The van der Waals surface area contributed by atoms with Crippen LogP contribution in [0.25, 0.3) is 33.4 Å². The summed E-state index contributed by atoms with van der Waals surface area (Å²) < 4.78 is 0. The summed E-state index contributed by atoms with van der Waals surface area (Å²) in [5.41, 5.74) is 4.36. The fourth-order valence-electron chi connectivity index (χ4n) is 7.18. The molecule has 7 heteroatoms. The SMILES string of the molecule is O=Cc1ccccc1-c1cc(-c2ccccc2C(O)(c2ccccn2)c2ccccn2)cc(-c2ccccc2C(O)(c2ccccn2)c2ccccn2)c1. The van der Waals surface area contributed by atoms with E-state index >= 15 is 0 Å². The normalized spacial score (nSPS) is 11.6. The molecule has 0 atom stereocenters. The van der Waals surface area contributed by atoms with Crippen molar-refractivity contribution in [2.75, 3.05) is 0 Å². The van der Waals surface area contributed by atoms with Crippen molar-refractivity contribution in [3.8, 4) is 33.4 Å². The van der Waals surface area contributed by atoms with E-state index in [0.717, 1.165) is 39.7 Å². The zero-order chi connectivity index (χ0) is 37.0. The lowest BCUT2D eigenvalue weighted by atomic mass is 9.79. The summed E-state index contributed by atoms with van der Waals surface area (Å²) in [6.07, 6.45) is 7.47. The number of benzene rings is 4. The zero-order valence-electron chi connectivity index (χ0n) is 29.1. The van der Waals surface area contributed by atoms with Crippen LogP contribution in [0.4, 0.5) is 0 Å². The van der Waals surface area contributed by atoms with Crippen molar-refractivity contribution >= 4 is 6.29 Å². The number of aldehydes is 1. The molecule has 0 unspecified atom stereocenters. The molecule has 8 rings (SSSR count). The number of hydrogen-bond donors (Lipinski definition) is 2. The Kier molecular flexibility index (Phi) is 9.24.